The quantitative estimate of drug-likeness (QED) is 0.631. The van der Waals surface area contributed by atoms with Gasteiger partial charge in [0, 0.05) is 17.1 Å². The third-order valence-electron chi connectivity index (χ3n) is 1.61. The number of rotatable bonds is 0. The van der Waals surface area contributed by atoms with Crippen molar-refractivity contribution in [1.82, 2.24) is 0 Å². The topological polar surface area (TPSA) is 12.0 Å². The van der Waals surface area contributed by atoms with Crippen molar-refractivity contribution in [2.24, 2.45) is 0 Å². The molecule has 2 rings (SSSR count). The van der Waals surface area contributed by atoms with Gasteiger partial charge in [-0.15, -0.1) is 11.8 Å². The molecule has 56 valence electrons. The lowest BCUT2D eigenvalue weighted by atomic mass is 10.3. The summed E-state index contributed by atoms with van der Waals surface area (Å²) >= 11 is 1.70. The first kappa shape index (κ1) is 7.04. The highest BCUT2D eigenvalue weighted by Crippen LogP contribution is 2.31. The van der Waals surface area contributed by atoms with Gasteiger partial charge in [0.25, 0.3) is 0 Å². The van der Waals surface area contributed by atoms with E-state index >= 15 is 0 Å². The molecule has 1 aromatic carbocycles. The summed E-state index contributed by atoms with van der Waals surface area (Å²) in [6, 6.07) is 8.33. The Labute approximate surface area is 71.2 Å². The number of nitrogens with one attached hydrogen (secondary N) is 1. The van der Waals surface area contributed by atoms with E-state index in [2.05, 4.69) is 35.3 Å². The van der Waals surface area contributed by atoms with Crippen LogP contribution < -0.4 is 5.32 Å². The van der Waals surface area contributed by atoms with Gasteiger partial charge >= 0.3 is 0 Å². The third-order valence-corrected chi connectivity index (χ3v) is 2.54. The van der Waals surface area contributed by atoms with E-state index in [0.717, 1.165) is 13.0 Å². The van der Waals surface area contributed by atoms with Crippen molar-refractivity contribution in [3.05, 3.63) is 30.0 Å². The van der Waals surface area contributed by atoms with E-state index < -0.39 is 0 Å². The van der Waals surface area contributed by atoms with Crippen LogP contribution in [0.15, 0.2) is 29.2 Å². The second kappa shape index (κ2) is 3.18. The number of hydrogen-bond acceptors (Lipinski definition) is 2. The van der Waals surface area contributed by atoms with Crippen LogP contribution in [0.4, 0.5) is 5.69 Å². The Hall–Kier alpha value is -0.630. The van der Waals surface area contributed by atoms with Gasteiger partial charge in [-0.25, -0.2) is 0 Å². The van der Waals surface area contributed by atoms with Crippen LogP contribution in [-0.2, 0) is 0 Å². The summed E-state index contributed by atoms with van der Waals surface area (Å²) in [6.45, 7) is 1.00. The lowest BCUT2D eigenvalue weighted by Crippen LogP contribution is -1.98. The number of fused-ring (bicyclic) bond motifs is 1. The normalized spacial score (nSPS) is 16.4. The first-order chi connectivity index (χ1) is 5.47. The maximum absolute atomic E-state index is 3.34. The number of benzene rings is 1. The lowest BCUT2D eigenvalue weighted by molar-refractivity contribution is 1.05. The smallest absolute Gasteiger partial charge is 0.0554 e. The van der Waals surface area contributed by atoms with Gasteiger partial charge in [0.15, 0.2) is 0 Å². The first-order valence-electron chi connectivity index (χ1n) is 3.69. The number of para-hydroxylation sites is 1. The van der Waals surface area contributed by atoms with Crippen LogP contribution in [0.5, 0.6) is 0 Å². The largest absolute Gasteiger partial charge is 0.384 e. The predicted octanol–water partition coefficient (Wildman–Crippen LogP) is 2.63. The summed E-state index contributed by atoms with van der Waals surface area (Å²) in [6.07, 6.45) is 1.01. The van der Waals surface area contributed by atoms with Crippen LogP contribution in [0.2, 0.25) is 0 Å². The number of anilines is 1. The zero-order valence-electron chi connectivity index (χ0n) is 6.13. The maximum Gasteiger partial charge on any atom is 0.0554 e. The van der Waals surface area contributed by atoms with E-state index in [1.807, 2.05) is 0 Å². The fourth-order valence-electron chi connectivity index (χ4n) is 1.08. The van der Waals surface area contributed by atoms with Gasteiger partial charge in [0.05, 0.1) is 5.75 Å². The minimum absolute atomic E-state index is 1.00. The fourth-order valence-corrected chi connectivity index (χ4v) is 1.84. The van der Waals surface area contributed by atoms with E-state index in [1.54, 1.807) is 11.8 Å². The molecule has 0 fully saturated rings. The second-order valence-electron chi connectivity index (χ2n) is 2.42. The average Bonchev–Trinajstić information content (AvgIpc) is 2.28. The molecule has 0 aliphatic carbocycles. The minimum atomic E-state index is 1.00. The van der Waals surface area contributed by atoms with E-state index in [0.29, 0.717) is 0 Å². The highest BCUT2D eigenvalue weighted by Gasteiger charge is 2.05. The Balaban J connectivity index is 2.33. The van der Waals surface area contributed by atoms with Crippen LogP contribution in [-0.4, -0.2) is 6.54 Å². The second-order valence-corrected chi connectivity index (χ2v) is 3.35. The van der Waals surface area contributed by atoms with Gasteiger partial charge in [-0.05, 0) is 18.6 Å². The minimum Gasteiger partial charge on any atom is -0.384 e. The van der Waals surface area contributed by atoms with Crippen LogP contribution >= 0.6 is 11.8 Å². The van der Waals surface area contributed by atoms with E-state index in [9.17, 15) is 0 Å². The Morgan fingerprint density at radius 3 is 3.27 bits per heavy atom. The van der Waals surface area contributed by atoms with E-state index in [4.69, 9.17) is 0 Å². The van der Waals surface area contributed by atoms with E-state index in [1.165, 1.54) is 10.6 Å². The summed E-state index contributed by atoms with van der Waals surface area (Å²) in [4.78, 5) is 1.28. The van der Waals surface area contributed by atoms with Crippen LogP contribution in [0.1, 0.15) is 6.42 Å². The average molecular weight is 163 g/mol. The number of thioether (sulfide) groups is 1. The highest BCUT2D eigenvalue weighted by molar-refractivity contribution is 8.01. The molecule has 11 heavy (non-hydrogen) atoms. The Morgan fingerprint density at radius 2 is 2.27 bits per heavy atom. The van der Waals surface area contributed by atoms with Crippen LogP contribution in [0, 0.1) is 5.75 Å². The molecule has 2 heteroatoms. The SMILES string of the molecule is [C]1CCNc2ccccc2S1. The van der Waals surface area contributed by atoms with Crippen molar-refractivity contribution in [2.75, 3.05) is 11.9 Å². The van der Waals surface area contributed by atoms with Crippen molar-refractivity contribution in [3.8, 4) is 0 Å². The fraction of sp³-hybridized carbons (Fsp3) is 0.222. The van der Waals surface area contributed by atoms with Crippen molar-refractivity contribution < 1.29 is 0 Å². The van der Waals surface area contributed by atoms with Gasteiger partial charge in [0.2, 0.25) is 0 Å². The van der Waals surface area contributed by atoms with Crippen molar-refractivity contribution >= 4 is 17.4 Å². The van der Waals surface area contributed by atoms with Gasteiger partial charge in [-0.2, -0.15) is 0 Å². The molecule has 0 spiro atoms. The molecular formula is C9H9NS. The monoisotopic (exact) mass is 163 g/mol. The molecular weight excluding hydrogens is 154 g/mol. The molecule has 0 saturated carbocycles. The zero-order valence-corrected chi connectivity index (χ0v) is 6.95. The molecule has 1 aromatic rings. The van der Waals surface area contributed by atoms with Gasteiger partial charge in [-0.1, -0.05) is 12.1 Å². The maximum atomic E-state index is 3.34. The summed E-state index contributed by atoms with van der Waals surface area (Å²) in [5.41, 5.74) is 1.24. The molecule has 0 atom stereocenters. The third kappa shape index (κ3) is 1.51. The summed E-state index contributed by atoms with van der Waals surface area (Å²) in [7, 11) is 0. The molecule has 1 N–H and O–H groups in total. The first-order valence-corrected chi connectivity index (χ1v) is 4.51. The number of hydrogen-bond donors (Lipinski definition) is 1. The standard InChI is InChI=1S/C9H9NS/c1-2-5-9-8(4-1)10-6-3-7-11-9/h1-2,4-5,10H,3,6H2. The summed E-state index contributed by atoms with van der Waals surface area (Å²) in [5, 5.41) is 3.34. The van der Waals surface area contributed by atoms with Gasteiger partial charge < -0.3 is 5.32 Å². The van der Waals surface area contributed by atoms with E-state index in [-0.39, 0.29) is 0 Å². The summed E-state index contributed by atoms with van der Waals surface area (Å²) < 4.78 is 0. The van der Waals surface area contributed by atoms with Crippen LogP contribution in [0.3, 0.4) is 0 Å². The zero-order chi connectivity index (χ0) is 7.52. The molecule has 0 saturated heterocycles. The lowest BCUT2D eigenvalue weighted by Gasteiger charge is -2.04. The molecule has 0 aromatic heterocycles. The molecule has 1 aliphatic heterocycles. The molecule has 0 bridgehead atoms. The highest BCUT2D eigenvalue weighted by atomic mass is 32.2. The molecule has 1 nitrogen and oxygen atoms in total. The van der Waals surface area contributed by atoms with Crippen LogP contribution in [0.25, 0.3) is 0 Å². The summed E-state index contributed by atoms with van der Waals surface area (Å²) in [5.74, 6) is 3.26. The van der Waals surface area contributed by atoms with Crippen molar-refractivity contribution in [3.63, 3.8) is 0 Å². The Morgan fingerprint density at radius 1 is 1.36 bits per heavy atom. The van der Waals surface area contributed by atoms with Crippen molar-refractivity contribution in [1.29, 1.82) is 0 Å². The van der Waals surface area contributed by atoms with Crippen molar-refractivity contribution in [2.45, 2.75) is 11.3 Å². The van der Waals surface area contributed by atoms with Gasteiger partial charge in [0.1, 0.15) is 0 Å². The predicted molar refractivity (Wildman–Crippen MR) is 48.6 cm³/mol. The molecule has 2 radical (unpaired) electrons. The Bertz CT molecular complexity index is 222. The molecule has 0 amide bonds. The molecule has 1 heterocycles. The van der Waals surface area contributed by atoms with Gasteiger partial charge in [-0.3, -0.25) is 0 Å². The Kier molecular flexibility index (Phi) is 2.04. The molecule has 0 unspecified atom stereocenters. The molecule has 1 aliphatic rings.